The molecule has 1 aromatic heterocycles. The van der Waals surface area contributed by atoms with Gasteiger partial charge in [0.1, 0.15) is 5.82 Å². The van der Waals surface area contributed by atoms with Crippen molar-refractivity contribution in [3.63, 3.8) is 0 Å². The van der Waals surface area contributed by atoms with Crippen molar-refractivity contribution in [2.75, 3.05) is 18.5 Å². The van der Waals surface area contributed by atoms with Gasteiger partial charge in [0.2, 0.25) is 5.95 Å². The lowest BCUT2D eigenvalue weighted by Crippen LogP contribution is -2.21. The molecule has 0 bridgehead atoms. The molecule has 0 aliphatic rings. The molecule has 0 aliphatic heterocycles. The first-order valence-electron chi connectivity index (χ1n) is 5.57. The summed E-state index contributed by atoms with van der Waals surface area (Å²) in [6.45, 7) is 3.01. The zero-order valence-electron chi connectivity index (χ0n) is 9.87. The van der Waals surface area contributed by atoms with Crippen LogP contribution >= 0.6 is 15.9 Å². The molecule has 0 saturated carbocycles. The van der Waals surface area contributed by atoms with Crippen LogP contribution in [0.15, 0.2) is 18.2 Å². The molecule has 1 atom stereocenters. The second-order valence-corrected chi connectivity index (χ2v) is 5.78. The summed E-state index contributed by atoms with van der Waals surface area (Å²) in [4.78, 5) is 10.1. The van der Waals surface area contributed by atoms with Crippen LogP contribution in [0.1, 0.15) is 13.3 Å². The largest absolute Gasteiger partial charge is 0.345 e. The highest BCUT2D eigenvalue weighted by atomic mass is 79.9. The Morgan fingerprint density at radius 1 is 1.53 bits per heavy atom. The van der Waals surface area contributed by atoms with Gasteiger partial charge in [0.05, 0.1) is 11.0 Å². The van der Waals surface area contributed by atoms with Gasteiger partial charge in [-0.3, -0.25) is 0 Å². The second-order valence-electron chi connectivity index (χ2n) is 4.21. The molecule has 2 rings (SSSR count). The maximum absolute atomic E-state index is 13.0. The van der Waals surface area contributed by atoms with E-state index in [1.54, 1.807) is 6.07 Å². The number of imidazole rings is 1. The quantitative estimate of drug-likeness (QED) is 0.879. The summed E-state index contributed by atoms with van der Waals surface area (Å²) in [6, 6.07) is 4.58. The third-order valence-corrected chi connectivity index (χ3v) is 3.11. The molecule has 2 aromatic rings. The van der Waals surface area contributed by atoms with Crippen molar-refractivity contribution in [1.82, 2.24) is 9.97 Å². The van der Waals surface area contributed by atoms with E-state index in [1.165, 1.54) is 12.1 Å². The summed E-state index contributed by atoms with van der Waals surface area (Å²) in [5.74, 6) is 0.531. The summed E-state index contributed by atoms with van der Waals surface area (Å²) in [5.41, 5.74) is 1.53. The van der Waals surface area contributed by atoms with Crippen LogP contribution in [0.2, 0.25) is 0 Å². The van der Waals surface area contributed by atoms with Crippen molar-refractivity contribution in [2.45, 2.75) is 18.2 Å². The number of alkyl halides is 1. The van der Waals surface area contributed by atoms with E-state index in [2.05, 4.69) is 32.8 Å². The van der Waals surface area contributed by atoms with E-state index in [1.807, 2.05) is 11.9 Å². The topological polar surface area (TPSA) is 31.9 Å². The molecule has 1 aromatic carbocycles. The average molecular weight is 300 g/mol. The normalized spacial score (nSPS) is 12.9. The number of fused-ring (bicyclic) bond motifs is 1. The van der Waals surface area contributed by atoms with E-state index in [-0.39, 0.29) is 5.82 Å². The molecule has 1 heterocycles. The van der Waals surface area contributed by atoms with Gasteiger partial charge < -0.3 is 9.88 Å². The Labute approximate surface area is 108 Å². The number of aromatic amines is 1. The van der Waals surface area contributed by atoms with Gasteiger partial charge in [0.15, 0.2) is 0 Å². The van der Waals surface area contributed by atoms with Crippen LogP contribution in [0.5, 0.6) is 0 Å². The summed E-state index contributed by atoms with van der Waals surface area (Å²) in [6.07, 6.45) is 1.03. The van der Waals surface area contributed by atoms with Crippen molar-refractivity contribution in [3.05, 3.63) is 24.0 Å². The summed E-state index contributed by atoms with van der Waals surface area (Å²) in [7, 11) is 1.98. The minimum absolute atomic E-state index is 0.246. The second kappa shape index (κ2) is 5.04. The molecule has 0 saturated heterocycles. The number of nitrogens with zero attached hydrogens (tertiary/aromatic N) is 2. The third kappa shape index (κ3) is 2.97. The van der Waals surface area contributed by atoms with Crippen LogP contribution in [0.3, 0.4) is 0 Å². The molecule has 0 spiro atoms. The van der Waals surface area contributed by atoms with Crippen LogP contribution in [0.25, 0.3) is 11.0 Å². The molecule has 17 heavy (non-hydrogen) atoms. The van der Waals surface area contributed by atoms with E-state index in [0.717, 1.165) is 29.9 Å². The number of aromatic nitrogens is 2. The van der Waals surface area contributed by atoms with E-state index in [0.29, 0.717) is 4.83 Å². The van der Waals surface area contributed by atoms with Crippen molar-refractivity contribution in [1.29, 1.82) is 0 Å². The molecule has 0 aliphatic carbocycles. The molecule has 0 radical (unpaired) electrons. The number of rotatable bonds is 4. The third-order valence-electron chi connectivity index (χ3n) is 2.66. The van der Waals surface area contributed by atoms with E-state index >= 15 is 0 Å². The Hall–Kier alpha value is -1.10. The maximum Gasteiger partial charge on any atom is 0.203 e. The predicted molar refractivity (Wildman–Crippen MR) is 72.3 cm³/mol. The van der Waals surface area contributed by atoms with Crippen LogP contribution in [0, 0.1) is 5.82 Å². The van der Waals surface area contributed by atoms with Gasteiger partial charge in [-0.1, -0.05) is 22.9 Å². The van der Waals surface area contributed by atoms with E-state index < -0.39 is 0 Å². The minimum atomic E-state index is -0.246. The van der Waals surface area contributed by atoms with E-state index in [4.69, 9.17) is 0 Å². The van der Waals surface area contributed by atoms with Gasteiger partial charge in [-0.15, -0.1) is 0 Å². The van der Waals surface area contributed by atoms with Gasteiger partial charge in [-0.25, -0.2) is 9.37 Å². The Morgan fingerprint density at radius 2 is 2.29 bits per heavy atom. The first kappa shape index (κ1) is 12.4. The van der Waals surface area contributed by atoms with Gasteiger partial charge in [-0.2, -0.15) is 0 Å². The monoisotopic (exact) mass is 299 g/mol. The highest BCUT2D eigenvalue weighted by molar-refractivity contribution is 9.09. The molecule has 1 unspecified atom stereocenters. The number of H-pyrrole nitrogens is 1. The Kier molecular flexibility index (Phi) is 3.66. The predicted octanol–water partition coefficient (Wildman–Crippen LogP) is 3.31. The van der Waals surface area contributed by atoms with Crippen LogP contribution in [0.4, 0.5) is 10.3 Å². The number of nitrogens with one attached hydrogen (secondary N) is 1. The summed E-state index contributed by atoms with van der Waals surface area (Å²) >= 11 is 3.51. The molecular formula is C12H15BrFN3. The van der Waals surface area contributed by atoms with Crippen LogP contribution in [-0.2, 0) is 0 Å². The van der Waals surface area contributed by atoms with Gasteiger partial charge in [0.25, 0.3) is 0 Å². The van der Waals surface area contributed by atoms with Gasteiger partial charge in [-0.05, 0) is 24.6 Å². The van der Waals surface area contributed by atoms with Crippen molar-refractivity contribution < 1.29 is 4.39 Å². The Bertz CT molecular complexity index is 509. The zero-order valence-corrected chi connectivity index (χ0v) is 11.5. The Balaban J connectivity index is 2.18. The molecule has 92 valence electrons. The molecule has 0 fully saturated rings. The zero-order chi connectivity index (χ0) is 12.4. The van der Waals surface area contributed by atoms with Crippen molar-refractivity contribution >= 4 is 32.9 Å². The van der Waals surface area contributed by atoms with Crippen molar-refractivity contribution in [3.8, 4) is 0 Å². The lowest BCUT2D eigenvalue weighted by atomic mass is 10.3. The minimum Gasteiger partial charge on any atom is -0.345 e. The lowest BCUT2D eigenvalue weighted by molar-refractivity contribution is 0.629. The molecular weight excluding hydrogens is 285 g/mol. The molecule has 0 amide bonds. The summed E-state index contributed by atoms with van der Waals surface area (Å²) < 4.78 is 13.0. The highest BCUT2D eigenvalue weighted by Crippen LogP contribution is 2.18. The fourth-order valence-corrected chi connectivity index (χ4v) is 1.83. The average Bonchev–Trinajstić information content (AvgIpc) is 2.68. The van der Waals surface area contributed by atoms with Crippen molar-refractivity contribution in [2.24, 2.45) is 0 Å². The van der Waals surface area contributed by atoms with Crippen LogP contribution in [-0.4, -0.2) is 28.4 Å². The maximum atomic E-state index is 13.0. The van der Waals surface area contributed by atoms with E-state index in [9.17, 15) is 4.39 Å². The smallest absolute Gasteiger partial charge is 0.203 e. The number of hydrogen-bond acceptors (Lipinski definition) is 2. The summed E-state index contributed by atoms with van der Waals surface area (Å²) in [5, 5.41) is 0. The first-order valence-corrected chi connectivity index (χ1v) is 6.48. The van der Waals surface area contributed by atoms with Gasteiger partial charge in [0, 0.05) is 18.4 Å². The number of hydrogen-bond donors (Lipinski definition) is 1. The fourth-order valence-electron chi connectivity index (χ4n) is 1.63. The standard InChI is InChI=1S/C12H15BrFN3/c1-8(13)5-6-17(2)12-15-10-4-3-9(14)7-11(10)16-12/h3-4,7-8H,5-6H2,1-2H3,(H,15,16). The fraction of sp³-hybridized carbons (Fsp3) is 0.417. The number of anilines is 1. The first-order chi connectivity index (χ1) is 8.06. The highest BCUT2D eigenvalue weighted by Gasteiger charge is 2.08. The van der Waals surface area contributed by atoms with Crippen LogP contribution < -0.4 is 4.90 Å². The van der Waals surface area contributed by atoms with Gasteiger partial charge >= 0.3 is 0 Å². The SMILES string of the molecule is CC(Br)CCN(C)c1nc2ccc(F)cc2[nH]1. The molecule has 1 N–H and O–H groups in total. The number of halogens is 2. The number of benzene rings is 1. The molecule has 3 nitrogen and oxygen atoms in total. The molecule has 5 heteroatoms. The Morgan fingerprint density at radius 3 is 3.00 bits per heavy atom. The lowest BCUT2D eigenvalue weighted by Gasteiger charge is -2.16.